The van der Waals surface area contributed by atoms with Crippen molar-refractivity contribution in [2.75, 3.05) is 19.5 Å². The number of rotatable bonds is 9. The molecule has 30 heavy (non-hydrogen) atoms. The lowest BCUT2D eigenvalue weighted by atomic mass is 10.2. The summed E-state index contributed by atoms with van der Waals surface area (Å²) < 4.78 is 9.78. The fraction of sp³-hybridized carbons (Fsp3) is 0.409. The lowest BCUT2D eigenvalue weighted by Gasteiger charge is -2.12. The van der Waals surface area contributed by atoms with Crippen molar-refractivity contribution in [2.45, 2.75) is 45.4 Å². The number of ether oxygens (including phenoxy) is 1. The van der Waals surface area contributed by atoms with Crippen LogP contribution in [0.5, 0.6) is 0 Å². The number of fused-ring (bicyclic) bond motifs is 1. The van der Waals surface area contributed by atoms with E-state index in [-0.39, 0.29) is 17.1 Å². The molecule has 0 aliphatic carbocycles. The molecule has 0 atom stereocenters. The average Bonchev–Trinajstić information content (AvgIpc) is 3.01. The minimum absolute atomic E-state index is 0.0324. The molecule has 8 heteroatoms. The molecule has 0 radical (unpaired) electrons. The largest absolute Gasteiger partial charge is 0.383 e. The van der Waals surface area contributed by atoms with Crippen molar-refractivity contribution in [3.05, 3.63) is 56.0 Å². The summed E-state index contributed by atoms with van der Waals surface area (Å²) >= 11 is 4.74. The summed E-state index contributed by atoms with van der Waals surface area (Å²) in [6.45, 7) is 7.85. The Labute approximate surface area is 188 Å². The molecule has 0 amide bonds. The molecule has 2 heterocycles. The minimum atomic E-state index is -0.0733. The number of hydrogen-bond donors (Lipinski definition) is 0. The maximum absolute atomic E-state index is 13.0. The zero-order valence-corrected chi connectivity index (χ0v) is 20.1. The number of aromatic nitrogens is 3. The van der Waals surface area contributed by atoms with Crippen LogP contribution in [0.1, 0.15) is 35.1 Å². The van der Waals surface area contributed by atoms with Crippen LogP contribution in [0, 0.1) is 13.8 Å². The second kappa shape index (κ2) is 9.94. The van der Waals surface area contributed by atoms with Crippen molar-refractivity contribution in [3.63, 3.8) is 0 Å². The van der Waals surface area contributed by atoms with Crippen molar-refractivity contribution in [1.29, 1.82) is 0 Å². The molecule has 0 aliphatic rings. The van der Waals surface area contributed by atoms with Gasteiger partial charge < -0.3 is 9.30 Å². The highest BCUT2D eigenvalue weighted by Gasteiger charge is 2.18. The fourth-order valence-electron chi connectivity index (χ4n) is 3.52. The van der Waals surface area contributed by atoms with Crippen LogP contribution in [-0.4, -0.2) is 39.4 Å². The molecule has 2 aromatic heterocycles. The molecule has 3 aromatic rings. The van der Waals surface area contributed by atoms with E-state index in [1.54, 1.807) is 17.7 Å². The molecule has 3 rings (SSSR count). The van der Waals surface area contributed by atoms with Gasteiger partial charge in [-0.1, -0.05) is 34.6 Å². The van der Waals surface area contributed by atoms with Crippen molar-refractivity contribution in [3.8, 4) is 0 Å². The van der Waals surface area contributed by atoms with Gasteiger partial charge in [0.2, 0.25) is 0 Å². The fourth-order valence-corrected chi connectivity index (χ4v) is 4.79. The standard InChI is InChI=1S/C22H26BrN3O3S/c1-5-8-26-21(28)18-12-16(23)6-7-19(18)24-22(26)30-13-20(27)17-11-14(2)25(15(17)3)9-10-29-4/h6-7,11-12H,5,8-10,13H2,1-4H3. The van der Waals surface area contributed by atoms with Gasteiger partial charge in [-0.05, 0) is 44.5 Å². The van der Waals surface area contributed by atoms with E-state index in [0.717, 1.165) is 22.3 Å². The van der Waals surface area contributed by atoms with E-state index in [9.17, 15) is 9.59 Å². The Morgan fingerprint density at radius 1 is 1.20 bits per heavy atom. The van der Waals surface area contributed by atoms with Crippen LogP contribution in [0.25, 0.3) is 10.9 Å². The molecule has 0 aliphatic heterocycles. The molecule has 0 fully saturated rings. The molecule has 0 saturated carbocycles. The zero-order chi connectivity index (χ0) is 21.8. The molecule has 0 unspecified atom stereocenters. The predicted octanol–water partition coefficient (Wildman–Crippen LogP) is 4.61. The summed E-state index contributed by atoms with van der Waals surface area (Å²) in [7, 11) is 1.67. The van der Waals surface area contributed by atoms with Crippen molar-refractivity contribution in [2.24, 2.45) is 0 Å². The molecular weight excluding hydrogens is 466 g/mol. The summed E-state index contributed by atoms with van der Waals surface area (Å²) in [4.78, 5) is 30.6. The van der Waals surface area contributed by atoms with Gasteiger partial charge in [0.05, 0.1) is 23.3 Å². The van der Waals surface area contributed by atoms with Gasteiger partial charge in [0.15, 0.2) is 10.9 Å². The Kier molecular flexibility index (Phi) is 7.55. The normalized spacial score (nSPS) is 11.4. The van der Waals surface area contributed by atoms with Gasteiger partial charge in [-0.15, -0.1) is 0 Å². The molecule has 0 spiro atoms. The lowest BCUT2D eigenvalue weighted by Crippen LogP contribution is -2.23. The molecule has 6 nitrogen and oxygen atoms in total. The molecule has 0 saturated heterocycles. The molecular formula is C22H26BrN3O3S. The maximum Gasteiger partial charge on any atom is 0.262 e. The van der Waals surface area contributed by atoms with Crippen LogP contribution in [-0.2, 0) is 17.8 Å². The van der Waals surface area contributed by atoms with E-state index in [1.165, 1.54) is 11.8 Å². The Bertz CT molecular complexity index is 1140. The van der Waals surface area contributed by atoms with Crippen LogP contribution < -0.4 is 5.56 Å². The Morgan fingerprint density at radius 2 is 1.97 bits per heavy atom. The number of carbonyl (C=O) groups is 1. The summed E-state index contributed by atoms with van der Waals surface area (Å²) in [6, 6.07) is 7.42. The molecule has 0 bridgehead atoms. The SMILES string of the molecule is CCCn1c(SCC(=O)c2cc(C)n(CCOC)c2C)nc2ccc(Br)cc2c1=O. The van der Waals surface area contributed by atoms with Crippen LogP contribution in [0.3, 0.4) is 0 Å². The molecule has 160 valence electrons. The van der Waals surface area contributed by atoms with E-state index < -0.39 is 0 Å². The number of halogens is 1. The third-order valence-corrected chi connectivity index (χ3v) is 6.52. The highest BCUT2D eigenvalue weighted by atomic mass is 79.9. The van der Waals surface area contributed by atoms with Gasteiger partial charge in [-0.3, -0.25) is 14.2 Å². The maximum atomic E-state index is 13.0. The second-order valence-corrected chi connectivity index (χ2v) is 9.01. The number of Topliss-reactive ketones (excluding diaryl/α,β-unsaturated/α-hetero) is 1. The van der Waals surface area contributed by atoms with Crippen LogP contribution in [0.4, 0.5) is 0 Å². The van der Waals surface area contributed by atoms with Gasteiger partial charge in [-0.25, -0.2) is 4.98 Å². The second-order valence-electron chi connectivity index (χ2n) is 7.15. The van der Waals surface area contributed by atoms with Gasteiger partial charge in [0.25, 0.3) is 5.56 Å². The van der Waals surface area contributed by atoms with Crippen LogP contribution >= 0.6 is 27.7 Å². The Morgan fingerprint density at radius 3 is 2.67 bits per heavy atom. The zero-order valence-electron chi connectivity index (χ0n) is 17.7. The Hall–Kier alpha value is -1.90. The summed E-state index contributed by atoms with van der Waals surface area (Å²) in [6.07, 6.45) is 0.809. The first-order chi connectivity index (χ1) is 14.4. The number of ketones is 1. The minimum Gasteiger partial charge on any atom is -0.383 e. The summed E-state index contributed by atoms with van der Waals surface area (Å²) in [5.41, 5.74) is 3.26. The number of methoxy groups -OCH3 is 1. The summed E-state index contributed by atoms with van der Waals surface area (Å²) in [5.74, 6) is 0.261. The van der Waals surface area contributed by atoms with E-state index >= 15 is 0 Å². The topological polar surface area (TPSA) is 66.1 Å². The third kappa shape index (κ3) is 4.71. The number of thioether (sulfide) groups is 1. The smallest absolute Gasteiger partial charge is 0.262 e. The number of aryl methyl sites for hydroxylation is 1. The van der Waals surface area contributed by atoms with E-state index in [1.807, 2.05) is 39.0 Å². The number of carbonyl (C=O) groups excluding carboxylic acids is 1. The Balaban J connectivity index is 1.88. The molecule has 0 N–H and O–H groups in total. The average molecular weight is 492 g/mol. The van der Waals surface area contributed by atoms with Gasteiger partial charge in [-0.2, -0.15) is 0 Å². The monoisotopic (exact) mass is 491 g/mol. The summed E-state index contributed by atoms with van der Waals surface area (Å²) in [5, 5.41) is 1.16. The number of nitrogens with zero attached hydrogens (tertiary/aromatic N) is 3. The van der Waals surface area contributed by atoms with Gasteiger partial charge in [0, 0.05) is 41.6 Å². The molecule has 1 aromatic carbocycles. The van der Waals surface area contributed by atoms with Crippen LogP contribution in [0.15, 0.2) is 38.7 Å². The van der Waals surface area contributed by atoms with E-state index in [0.29, 0.717) is 41.3 Å². The highest BCUT2D eigenvalue weighted by Crippen LogP contribution is 2.23. The lowest BCUT2D eigenvalue weighted by molar-refractivity contribution is 0.102. The van der Waals surface area contributed by atoms with Crippen molar-refractivity contribution < 1.29 is 9.53 Å². The first-order valence-corrected chi connectivity index (χ1v) is 11.7. The third-order valence-electron chi connectivity index (χ3n) is 5.05. The van der Waals surface area contributed by atoms with Crippen molar-refractivity contribution in [1.82, 2.24) is 14.1 Å². The van der Waals surface area contributed by atoms with Gasteiger partial charge >= 0.3 is 0 Å². The predicted molar refractivity (Wildman–Crippen MR) is 125 cm³/mol. The van der Waals surface area contributed by atoms with Gasteiger partial charge in [0.1, 0.15) is 0 Å². The number of hydrogen-bond acceptors (Lipinski definition) is 5. The highest BCUT2D eigenvalue weighted by molar-refractivity contribution is 9.10. The van der Waals surface area contributed by atoms with Crippen LogP contribution in [0.2, 0.25) is 0 Å². The quantitative estimate of drug-likeness (QED) is 0.248. The first kappa shape index (κ1) is 22.8. The number of benzene rings is 1. The first-order valence-electron chi connectivity index (χ1n) is 9.89. The van der Waals surface area contributed by atoms with E-state index in [2.05, 4.69) is 25.5 Å². The van der Waals surface area contributed by atoms with Crippen molar-refractivity contribution >= 4 is 44.4 Å². The van der Waals surface area contributed by atoms with E-state index in [4.69, 9.17) is 4.74 Å².